The molecular formula is C26H37ClN4O5. The van der Waals surface area contributed by atoms with Crippen LogP contribution in [0.2, 0.25) is 5.02 Å². The lowest BCUT2D eigenvalue weighted by molar-refractivity contribution is -0.142. The zero-order chi connectivity index (χ0) is 26.2. The van der Waals surface area contributed by atoms with Crippen molar-refractivity contribution >= 4 is 35.2 Å². The van der Waals surface area contributed by atoms with Crippen LogP contribution in [0.1, 0.15) is 56.8 Å². The van der Waals surface area contributed by atoms with Crippen LogP contribution >= 0.6 is 11.6 Å². The molecule has 9 nitrogen and oxygen atoms in total. The molecule has 198 valence electrons. The molecule has 0 aromatic heterocycles. The Balaban J connectivity index is 1.74. The molecule has 10 heteroatoms. The fourth-order valence-corrected chi connectivity index (χ4v) is 4.68. The third-order valence-corrected chi connectivity index (χ3v) is 7.07. The highest BCUT2D eigenvalue weighted by atomic mass is 35.5. The first-order valence-corrected chi connectivity index (χ1v) is 13.1. The van der Waals surface area contributed by atoms with Gasteiger partial charge in [-0.25, -0.2) is 0 Å². The number of benzene rings is 1. The summed E-state index contributed by atoms with van der Waals surface area (Å²) in [6.45, 7) is 7.56. The van der Waals surface area contributed by atoms with Gasteiger partial charge in [-0.3, -0.25) is 19.2 Å². The molecule has 1 aromatic carbocycles. The molecule has 0 bridgehead atoms. The van der Waals surface area contributed by atoms with E-state index < -0.39 is 0 Å². The topological polar surface area (TPSA) is 108 Å². The Morgan fingerprint density at radius 3 is 2.47 bits per heavy atom. The summed E-state index contributed by atoms with van der Waals surface area (Å²) in [6.07, 6.45) is 2.47. The quantitative estimate of drug-likeness (QED) is 0.623. The zero-order valence-corrected chi connectivity index (χ0v) is 22.1. The summed E-state index contributed by atoms with van der Waals surface area (Å²) in [5.74, 6) is -0.304. The lowest BCUT2D eigenvalue weighted by atomic mass is 9.95. The Hall–Kier alpha value is -2.81. The number of carbonyl (C=O) groups excluding carboxylic acids is 4. The van der Waals surface area contributed by atoms with Crippen LogP contribution in [0.5, 0.6) is 5.75 Å². The summed E-state index contributed by atoms with van der Waals surface area (Å²) in [7, 11) is 0. The van der Waals surface area contributed by atoms with Crippen molar-refractivity contribution in [2.24, 2.45) is 11.8 Å². The smallest absolute Gasteiger partial charge is 0.255 e. The van der Waals surface area contributed by atoms with Crippen molar-refractivity contribution < 1.29 is 23.9 Å². The Morgan fingerprint density at radius 2 is 1.81 bits per heavy atom. The minimum Gasteiger partial charge on any atom is -0.491 e. The Labute approximate surface area is 217 Å². The Bertz CT molecular complexity index is 962. The first-order valence-electron chi connectivity index (χ1n) is 12.7. The highest BCUT2D eigenvalue weighted by Crippen LogP contribution is 2.24. The van der Waals surface area contributed by atoms with Gasteiger partial charge in [-0.05, 0) is 49.8 Å². The van der Waals surface area contributed by atoms with Crippen molar-refractivity contribution in [3.05, 3.63) is 28.8 Å². The Kier molecular flexibility index (Phi) is 9.98. The second-order valence-corrected chi connectivity index (χ2v) is 10.3. The molecule has 2 N–H and O–H groups in total. The van der Waals surface area contributed by atoms with Gasteiger partial charge in [0.15, 0.2) is 0 Å². The number of ether oxygens (including phenoxy) is 1. The van der Waals surface area contributed by atoms with Crippen LogP contribution in [0.25, 0.3) is 0 Å². The number of hydrogen-bond acceptors (Lipinski definition) is 5. The largest absolute Gasteiger partial charge is 0.491 e. The van der Waals surface area contributed by atoms with Gasteiger partial charge in [0.25, 0.3) is 5.91 Å². The molecule has 36 heavy (non-hydrogen) atoms. The Morgan fingerprint density at radius 1 is 1.08 bits per heavy atom. The number of likely N-dealkylation sites (tertiary alicyclic amines) is 1. The van der Waals surface area contributed by atoms with E-state index in [1.165, 1.54) is 6.92 Å². The van der Waals surface area contributed by atoms with Gasteiger partial charge in [-0.1, -0.05) is 25.4 Å². The van der Waals surface area contributed by atoms with Crippen LogP contribution in [0.3, 0.4) is 0 Å². The first kappa shape index (κ1) is 27.8. The van der Waals surface area contributed by atoms with Crippen molar-refractivity contribution in [1.29, 1.82) is 0 Å². The molecule has 0 aliphatic carbocycles. The van der Waals surface area contributed by atoms with E-state index in [-0.39, 0.29) is 54.7 Å². The standard InChI is InChI=1S/C26H37ClN4O5/c1-17(2)22-16-36-23-7-6-20(27)14-21(23)25(34)28-10-4-5-11-31(15-24(33)29-22)26(35)19-8-12-30(13-9-19)18(3)32/h6-7,14,17,19,22H,4-5,8-13,15-16H2,1-3H3,(H,28,34)(H,29,33)/t22-/m1/s1. The van der Waals surface area contributed by atoms with Crippen molar-refractivity contribution in [3.63, 3.8) is 0 Å². The van der Waals surface area contributed by atoms with Crippen LogP contribution in [-0.4, -0.2) is 78.8 Å². The molecule has 1 saturated heterocycles. The van der Waals surface area contributed by atoms with Gasteiger partial charge >= 0.3 is 0 Å². The van der Waals surface area contributed by atoms with Crippen LogP contribution in [0.4, 0.5) is 0 Å². The monoisotopic (exact) mass is 520 g/mol. The van der Waals surface area contributed by atoms with E-state index >= 15 is 0 Å². The van der Waals surface area contributed by atoms with E-state index in [0.717, 1.165) is 0 Å². The van der Waals surface area contributed by atoms with E-state index in [1.54, 1.807) is 28.0 Å². The van der Waals surface area contributed by atoms with Gasteiger partial charge < -0.3 is 25.2 Å². The van der Waals surface area contributed by atoms with Gasteiger partial charge in [-0.15, -0.1) is 0 Å². The molecule has 1 fully saturated rings. The van der Waals surface area contributed by atoms with E-state index in [1.807, 2.05) is 13.8 Å². The van der Waals surface area contributed by atoms with E-state index in [0.29, 0.717) is 68.2 Å². The molecule has 4 amide bonds. The van der Waals surface area contributed by atoms with E-state index in [9.17, 15) is 19.2 Å². The number of amides is 4. The highest BCUT2D eigenvalue weighted by molar-refractivity contribution is 6.31. The predicted molar refractivity (Wildman–Crippen MR) is 137 cm³/mol. The molecule has 2 aliphatic rings. The number of halogens is 1. The summed E-state index contributed by atoms with van der Waals surface area (Å²) < 4.78 is 5.96. The predicted octanol–water partition coefficient (Wildman–Crippen LogP) is 2.47. The number of nitrogens with one attached hydrogen (secondary N) is 2. The number of fused-ring (bicyclic) bond motifs is 1. The minimum absolute atomic E-state index is 0.0166. The second kappa shape index (κ2) is 12.9. The molecule has 3 rings (SSSR count). The van der Waals surface area contributed by atoms with Crippen molar-refractivity contribution in [1.82, 2.24) is 20.4 Å². The maximum absolute atomic E-state index is 13.4. The third-order valence-electron chi connectivity index (χ3n) is 6.83. The van der Waals surface area contributed by atoms with E-state index in [4.69, 9.17) is 16.3 Å². The van der Waals surface area contributed by atoms with Gasteiger partial charge in [0.1, 0.15) is 12.4 Å². The van der Waals surface area contributed by atoms with Gasteiger partial charge in [-0.2, -0.15) is 0 Å². The number of piperidine rings is 1. The molecule has 1 aromatic rings. The summed E-state index contributed by atoms with van der Waals surface area (Å²) >= 11 is 6.12. The molecule has 0 saturated carbocycles. The first-order chi connectivity index (χ1) is 17.2. The SMILES string of the molecule is CC(=O)N1CCC(C(=O)N2CCCCNC(=O)c3cc(Cl)ccc3OC[C@H](C(C)C)NC(=O)C2)CC1. The van der Waals surface area contributed by atoms with Crippen LogP contribution in [-0.2, 0) is 14.4 Å². The molecule has 0 unspecified atom stereocenters. The third kappa shape index (κ3) is 7.59. The maximum Gasteiger partial charge on any atom is 0.255 e. The molecular weight excluding hydrogens is 484 g/mol. The maximum atomic E-state index is 13.4. The van der Waals surface area contributed by atoms with E-state index in [2.05, 4.69) is 10.6 Å². The molecule has 0 radical (unpaired) electrons. The number of carbonyl (C=O) groups is 4. The minimum atomic E-state index is -0.315. The number of hydrogen-bond donors (Lipinski definition) is 2. The van der Waals surface area contributed by atoms with Crippen molar-refractivity contribution in [3.8, 4) is 5.75 Å². The number of nitrogens with zero attached hydrogens (tertiary/aromatic N) is 2. The van der Waals surface area contributed by atoms with Gasteiger partial charge in [0.2, 0.25) is 17.7 Å². The molecule has 1 atom stereocenters. The van der Waals surface area contributed by atoms with Gasteiger partial charge in [0, 0.05) is 44.0 Å². The summed E-state index contributed by atoms with van der Waals surface area (Å²) in [5.41, 5.74) is 0.347. The fourth-order valence-electron chi connectivity index (χ4n) is 4.50. The van der Waals surface area contributed by atoms with Crippen molar-refractivity contribution in [2.45, 2.75) is 52.5 Å². The zero-order valence-electron chi connectivity index (χ0n) is 21.3. The fraction of sp³-hybridized carbons (Fsp3) is 0.615. The average molecular weight is 521 g/mol. The molecule has 2 heterocycles. The lowest BCUT2D eigenvalue weighted by Gasteiger charge is -2.34. The van der Waals surface area contributed by atoms with Crippen LogP contribution in [0, 0.1) is 11.8 Å². The van der Waals surface area contributed by atoms with Crippen molar-refractivity contribution in [2.75, 3.05) is 39.3 Å². The summed E-state index contributed by atoms with van der Waals surface area (Å²) in [6, 6.07) is 4.58. The normalized spacial score (nSPS) is 21.0. The summed E-state index contributed by atoms with van der Waals surface area (Å²) in [4.78, 5) is 54.2. The van der Waals surface area contributed by atoms with Crippen LogP contribution < -0.4 is 15.4 Å². The lowest BCUT2D eigenvalue weighted by Crippen LogP contribution is -2.50. The van der Waals surface area contributed by atoms with Crippen LogP contribution in [0.15, 0.2) is 18.2 Å². The second-order valence-electron chi connectivity index (χ2n) is 9.87. The highest BCUT2D eigenvalue weighted by Gasteiger charge is 2.31. The molecule has 0 spiro atoms. The average Bonchev–Trinajstić information content (AvgIpc) is 2.85. The summed E-state index contributed by atoms with van der Waals surface area (Å²) in [5, 5.41) is 6.34. The van der Waals surface area contributed by atoms with Gasteiger partial charge in [0.05, 0.1) is 18.2 Å². The number of rotatable bonds is 2. The molecule has 2 aliphatic heterocycles.